The molecule has 0 aromatic heterocycles. The van der Waals surface area contributed by atoms with E-state index in [-0.39, 0.29) is 5.54 Å². The first-order valence-corrected chi connectivity index (χ1v) is 6.64. The van der Waals surface area contributed by atoms with Gasteiger partial charge >= 0.3 is 0 Å². The number of rotatable bonds is 5. The summed E-state index contributed by atoms with van der Waals surface area (Å²) >= 11 is 0. The molecule has 16 heavy (non-hydrogen) atoms. The van der Waals surface area contributed by atoms with Gasteiger partial charge in [-0.15, -0.1) is 0 Å². The van der Waals surface area contributed by atoms with E-state index < -0.39 is 0 Å². The molecule has 2 N–H and O–H groups in total. The fourth-order valence-corrected chi connectivity index (χ4v) is 2.57. The molecule has 1 aliphatic heterocycles. The van der Waals surface area contributed by atoms with E-state index in [1.807, 2.05) is 0 Å². The van der Waals surface area contributed by atoms with Gasteiger partial charge in [0, 0.05) is 18.6 Å². The second-order valence-electron chi connectivity index (χ2n) is 5.63. The van der Waals surface area contributed by atoms with Gasteiger partial charge in [0.15, 0.2) is 0 Å². The van der Waals surface area contributed by atoms with Crippen LogP contribution in [0.3, 0.4) is 0 Å². The Morgan fingerprint density at radius 1 is 1.38 bits per heavy atom. The van der Waals surface area contributed by atoms with Crippen LogP contribution < -0.4 is 5.73 Å². The standard InChI is InChI=1S/C13H29N3/c1-5-12(2)10-16(4)13(11-14)6-8-15(3)9-7-13/h12H,5-11,14H2,1-4H3. The van der Waals surface area contributed by atoms with Crippen LogP contribution in [-0.4, -0.2) is 55.6 Å². The van der Waals surface area contributed by atoms with Crippen molar-refractivity contribution in [1.29, 1.82) is 0 Å². The van der Waals surface area contributed by atoms with Gasteiger partial charge in [0.25, 0.3) is 0 Å². The Labute approximate surface area is 101 Å². The SMILES string of the molecule is CCC(C)CN(C)C1(CN)CCN(C)CC1. The summed E-state index contributed by atoms with van der Waals surface area (Å²) < 4.78 is 0. The van der Waals surface area contributed by atoms with Crippen LogP contribution in [0.2, 0.25) is 0 Å². The van der Waals surface area contributed by atoms with Crippen molar-refractivity contribution in [1.82, 2.24) is 9.80 Å². The monoisotopic (exact) mass is 227 g/mol. The van der Waals surface area contributed by atoms with Crippen LogP contribution in [0.25, 0.3) is 0 Å². The van der Waals surface area contributed by atoms with E-state index in [9.17, 15) is 0 Å². The van der Waals surface area contributed by atoms with Gasteiger partial charge in [-0.25, -0.2) is 0 Å². The first kappa shape index (κ1) is 13.9. The number of piperidine rings is 1. The highest BCUT2D eigenvalue weighted by atomic mass is 15.2. The maximum absolute atomic E-state index is 6.04. The van der Waals surface area contributed by atoms with E-state index in [1.165, 1.54) is 38.9 Å². The highest BCUT2D eigenvalue weighted by molar-refractivity contribution is 4.94. The first-order chi connectivity index (χ1) is 7.54. The normalized spacial score (nSPS) is 23.6. The molecule has 0 amide bonds. The van der Waals surface area contributed by atoms with Gasteiger partial charge in [-0.1, -0.05) is 20.3 Å². The van der Waals surface area contributed by atoms with Gasteiger partial charge in [-0.2, -0.15) is 0 Å². The molecule has 1 saturated heterocycles. The Morgan fingerprint density at radius 3 is 2.38 bits per heavy atom. The predicted octanol–water partition coefficient (Wildman–Crippen LogP) is 1.39. The van der Waals surface area contributed by atoms with Gasteiger partial charge in [-0.05, 0) is 45.9 Å². The molecule has 0 aliphatic carbocycles. The van der Waals surface area contributed by atoms with Crippen molar-refractivity contribution in [3.05, 3.63) is 0 Å². The third-order valence-electron chi connectivity index (χ3n) is 4.39. The summed E-state index contributed by atoms with van der Waals surface area (Å²) in [7, 11) is 4.46. The van der Waals surface area contributed by atoms with Crippen LogP contribution in [0.1, 0.15) is 33.1 Å². The van der Waals surface area contributed by atoms with E-state index in [0.717, 1.165) is 12.5 Å². The Morgan fingerprint density at radius 2 is 1.94 bits per heavy atom. The van der Waals surface area contributed by atoms with Crippen LogP contribution >= 0.6 is 0 Å². The van der Waals surface area contributed by atoms with Crippen molar-refractivity contribution in [2.24, 2.45) is 11.7 Å². The molecule has 1 fully saturated rings. The van der Waals surface area contributed by atoms with E-state index in [4.69, 9.17) is 5.73 Å². The zero-order chi connectivity index (χ0) is 12.2. The highest BCUT2D eigenvalue weighted by Crippen LogP contribution is 2.27. The van der Waals surface area contributed by atoms with Crippen LogP contribution in [-0.2, 0) is 0 Å². The van der Waals surface area contributed by atoms with Gasteiger partial charge in [0.05, 0.1) is 0 Å². The Balaban J connectivity index is 2.57. The molecule has 3 nitrogen and oxygen atoms in total. The van der Waals surface area contributed by atoms with Crippen LogP contribution in [0.15, 0.2) is 0 Å². The number of hydrogen-bond donors (Lipinski definition) is 1. The van der Waals surface area contributed by atoms with Crippen molar-refractivity contribution >= 4 is 0 Å². The Bertz CT molecular complexity index is 197. The summed E-state index contributed by atoms with van der Waals surface area (Å²) in [5, 5.41) is 0. The van der Waals surface area contributed by atoms with Gasteiger partial charge in [0.2, 0.25) is 0 Å². The average molecular weight is 227 g/mol. The number of likely N-dealkylation sites (N-methyl/N-ethyl adjacent to an activating group) is 1. The zero-order valence-corrected chi connectivity index (χ0v) is 11.5. The summed E-state index contributed by atoms with van der Waals surface area (Å²) in [6, 6.07) is 0. The van der Waals surface area contributed by atoms with E-state index >= 15 is 0 Å². The lowest BCUT2D eigenvalue weighted by molar-refractivity contribution is 0.0441. The summed E-state index contributed by atoms with van der Waals surface area (Å²) in [4.78, 5) is 4.93. The minimum atomic E-state index is 0.260. The van der Waals surface area contributed by atoms with Crippen molar-refractivity contribution in [2.75, 3.05) is 40.3 Å². The lowest BCUT2D eigenvalue weighted by Gasteiger charge is -2.47. The van der Waals surface area contributed by atoms with Crippen molar-refractivity contribution in [3.63, 3.8) is 0 Å². The molecule has 3 heteroatoms. The molecule has 96 valence electrons. The maximum atomic E-state index is 6.04. The molecule has 0 aromatic carbocycles. The molecule has 0 radical (unpaired) electrons. The molecule has 1 heterocycles. The maximum Gasteiger partial charge on any atom is 0.0353 e. The second-order valence-corrected chi connectivity index (χ2v) is 5.63. The molecule has 1 rings (SSSR count). The highest BCUT2D eigenvalue weighted by Gasteiger charge is 2.36. The molecule has 0 spiro atoms. The van der Waals surface area contributed by atoms with E-state index in [1.54, 1.807) is 0 Å². The van der Waals surface area contributed by atoms with Gasteiger partial charge < -0.3 is 10.6 Å². The fourth-order valence-electron chi connectivity index (χ4n) is 2.57. The second kappa shape index (κ2) is 5.99. The number of nitrogens with zero attached hydrogens (tertiary/aromatic N) is 2. The molecule has 1 aliphatic rings. The number of nitrogens with two attached hydrogens (primary N) is 1. The van der Waals surface area contributed by atoms with Gasteiger partial charge in [0.1, 0.15) is 0 Å². The summed E-state index contributed by atoms with van der Waals surface area (Å²) in [6.07, 6.45) is 3.69. The number of likely N-dealkylation sites (tertiary alicyclic amines) is 1. The topological polar surface area (TPSA) is 32.5 Å². The molecular weight excluding hydrogens is 198 g/mol. The molecular formula is C13H29N3. The minimum Gasteiger partial charge on any atom is -0.329 e. The number of hydrogen-bond acceptors (Lipinski definition) is 3. The van der Waals surface area contributed by atoms with E-state index in [0.29, 0.717) is 0 Å². The third kappa shape index (κ3) is 3.19. The van der Waals surface area contributed by atoms with Crippen LogP contribution in [0, 0.1) is 5.92 Å². The lowest BCUT2D eigenvalue weighted by atomic mass is 9.85. The molecule has 1 unspecified atom stereocenters. The third-order valence-corrected chi connectivity index (χ3v) is 4.39. The summed E-state index contributed by atoms with van der Waals surface area (Å²) in [6.45, 7) is 8.94. The van der Waals surface area contributed by atoms with Crippen LogP contribution in [0.5, 0.6) is 0 Å². The average Bonchev–Trinajstić information content (AvgIpc) is 2.30. The summed E-state index contributed by atoms with van der Waals surface area (Å²) in [5.74, 6) is 0.771. The first-order valence-electron chi connectivity index (χ1n) is 6.64. The van der Waals surface area contributed by atoms with Crippen LogP contribution in [0.4, 0.5) is 0 Å². The molecule has 0 bridgehead atoms. The van der Waals surface area contributed by atoms with Crippen molar-refractivity contribution < 1.29 is 0 Å². The Kier molecular flexibility index (Phi) is 5.22. The van der Waals surface area contributed by atoms with Crippen molar-refractivity contribution in [2.45, 2.75) is 38.6 Å². The molecule has 0 saturated carbocycles. The zero-order valence-electron chi connectivity index (χ0n) is 11.5. The summed E-state index contributed by atoms with van der Waals surface area (Å²) in [5.41, 5.74) is 6.30. The molecule has 1 atom stereocenters. The smallest absolute Gasteiger partial charge is 0.0353 e. The van der Waals surface area contributed by atoms with E-state index in [2.05, 4.69) is 37.7 Å². The van der Waals surface area contributed by atoms with Crippen molar-refractivity contribution in [3.8, 4) is 0 Å². The predicted molar refractivity (Wildman–Crippen MR) is 70.6 cm³/mol. The Hall–Kier alpha value is -0.120. The fraction of sp³-hybridized carbons (Fsp3) is 1.00. The largest absolute Gasteiger partial charge is 0.329 e. The lowest BCUT2D eigenvalue weighted by Crippen LogP contribution is -2.58. The van der Waals surface area contributed by atoms with Gasteiger partial charge in [-0.3, -0.25) is 4.90 Å². The minimum absolute atomic E-state index is 0.260. The molecule has 0 aromatic rings. The quantitative estimate of drug-likeness (QED) is 0.770.